The molecule has 2 N–H and O–H groups in total. The first-order valence-electron chi connectivity index (χ1n) is 4.62. The number of hydrogen-bond donors (Lipinski definition) is 1. The van der Waals surface area contributed by atoms with Gasteiger partial charge in [-0.1, -0.05) is 12.1 Å². The molecule has 1 heterocycles. The Balaban J connectivity index is 2.54. The van der Waals surface area contributed by atoms with Crippen LogP contribution in [0.4, 0.5) is 0 Å². The molecule has 76 valence electrons. The van der Waals surface area contributed by atoms with Gasteiger partial charge in [0.25, 0.3) is 0 Å². The van der Waals surface area contributed by atoms with Crippen molar-refractivity contribution >= 4 is 17.2 Å². The number of amides is 1. The molecule has 0 saturated carbocycles. The maximum atomic E-state index is 11.1. The van der Waals surface area contributed by atoms with E-state index in [-0.39, 0.29) is 5.91 Å². The number of nitrogens with two attached hydrogens (primary N) is 1. The van der Waals surface area contributed by atoms with Crippen molar-refractivity contribution in [1.29, 1.82) is 0 Å². The van der Waals surface area contributed by atoms with Gasteiger partial charge in [0, 0.05) is 10.4 Å². The SMILES string of the molecule is Cc1cc(C(N)=O)cc(-c2cccs2)c1. The Morgan fingerprint density at radius 2 is 2.13 bits per heavy atom. The number of carbonyl (C=O) groups excluding carboxylic acids is 1. The van der Waals surface area contributed by atoms with Crippen molar-refractivity contribution in [3.63, 3.8) is 0 Å². The molecule has 0 spiro atoms. The number of primary amides is 1. The van der Waals surface area contributed by atoms with Gasteiger partial charge < -0.3 is 5.73 Å². The Kier molecular flexibility index (Phi) is 2.56. The minimum Gasteiger partial charge on any atom is -0.366 e. The Hall–Kier alpha value is -1.61. The largest absolute Gasteiger partial charge is 0.366 e. The second-order valence-corrected chi connectivity index (χ2v) is 4.38. The summed E-state index contributed by atoms with van der Waals surface area (Å²) in [5.41, 5.74) is 7.94. The molecule has 1 aromatic carbocycles. The topological polar surface area (TPSA) is 43.1 Å². The molecule has 3 heteroatoms. The van der Waals surface area contributed by atoms with Crippen molar-refractivity contribution in [3.8, 4) is 10.4 Å². The highest BCUT2D eigenvalue weighted by atomic mass is 32.1. The van der Waals surface area contributed by atoms with Crippen LogP contribution < -0.4 is 5.73 Å². The first-order chi connectivity index (χ1) is 7.16. The number of rotatable bonds is 2. The summed E-state index contributed by atoms with van der Waals surface area (Å²) in [6.07, 6.45) is 0. The molecule has 0 fully saturated rings. The van der Waals surface area contributed by atoms with Crippen LogP contribution in [0.15, 0.2) is 35.7 Å². The van der Waals surface area contributed by atoms with Crippen LogP contribution >= 0.6 is 11.3 Å². The molecule has 0 unspecified atom stereocenters. The summed E-state index contributed by atoms with van der Waals surface area (Å²) in [6.45, 7) is 1.96. The fourth-order valence-electron chi connectivity index (χ4n) is 1.51. The average molecular weight is 217 g/mol. The van der Waals surface area contributed by atoms with Gasteiger partial charge in [-0.25, -0.2) is 0 Å². The van der Waals surface area contributed by atoms with Gasteiger partial charge in [-0.15, -0.1) is 11.3 Å². The number of carbonyl (C=O) groups is 1. The second kappa shape index (κ2) is 3.87. The molecule has 0 aliphatic heterocycles. The van der Waals surface area contributed by atoms with Gasteiger partial charge >= 0.3 is 0 Å². The van der Waals surface area contributed by atoms with Crippen molar-refractivity contribution < 1.29 is 4.79 Å². The first kappa shape index (κ1) is 9.93. The third-order valence-electron chi connectivity index (χ3n) is 2.17. The normalized spacial score (nSPS) is 10.2. The Labute approximate surface area is 92.4 Å². The fourth-order valence-corrected chi connectivity index (χ4v) is 2.23. The maximum Gasteiger partial charge on any atom is 0.248 e. The van der Waals surface area contributed by atoms with E-state index in [4.69, 9.17) is 5.73 Å². The van der Waals surface area contributed by atoms with Crippen LogP contribution in [-0.2, 0) is 0 Å². The summed E-state index contributed by atoms with van der Waals surface area (Å²) < 4.78 is 0. The molecule has 0 saturated heterocycles. The van der Waals surface area contributed by atoms with E-state index in [1.54, 1.807) is 17.4 Å². The van der Waals surface area contributed by atoms with E-state index in [0.717, 1.165) is 16.0 Å². The zero-order chi connectivity index (χ0) is 10.8. The lowest BCUT2D eigenvalue weighted by molar-refractivity contribution is 0.100. The molecule has 2 aromatic rings. The van der Waals surface area contributed by atoms with Gasteiger partial charge in [-0.05, 0) is 41.6 Å². The summed E-state index contributed by atoms with van der Waals surface area (Å²) in [5, 5.41) is 2.02. The molecule has 2 nitrogen and oxygen atoms in total. The molecule has 2 rings (SSSR count). The van der Waals surface area contributed by atoms with Crippen molar-refractivity contribution in [2.45, 2.75) is 6.92 Å². The minimum absolute atomic E-state index is 0.378. The van der Waals surface area contributed by atoms with Gasteiger partial charge in [0.15, 0.2) is 0 Å². The average Bonchev–Trinajstić information content (AvgIpc) is 2.69. The molecule has 0 atom stereocenters. The van der Waals surface area contributed by atoms with E-state index < -0.39 is 0 Å². The van der Waals surface area contributed by atoms with Gasteiger partial charge in [0.05, 0.1) is 0 Å². The van der Waals surface area contributed by atoms with Crippen molar-refractivity contribution in [2.75, 3.05) is 0 Å². The maximum absolute atomic E-state index is 11.1. The lowest BCUT2D eigenvalue weighted by Crippen LogP contribution is -2.11. The first-order valence-corrected chi connectivity index (χ1v) is 5.50. The van der Waals surface area contributed by atoms with Crippen LogP contribution in [0.25, 0.3) is 10.4 Å². The van der Waals surface area contributed by atoms with Crippen LogP contribution in [0.3, 0.4) is 0 Å². The van der Waals surface area contributed by atoms with E-state index in [2.05, 4.69) is 6.07 Å². The van der Waals surface area contributed by atoms with E-state index >= 15 is 0 Å². The summed E-state index contributed by atoms with van der Waals surface area (Å²) in [6, 6.07) is 9.72. The number of benzene rings is 1. The van der Waals surface area contributed by atoms with Gasteiger partial charge in [-0.3, -0.25) is 4.79 Å². The summed E-state index contributed by atoms with van der Waals surface area (Å²) in [4.78, 5) is 12.3. The highest BCUT2D eigenvalue weighted by Crippen LogP contribution is 2.26. The van der Waals surface area contributed by atoms with Crippen LogP contribution in [0.2, 0.25) is 0 Å². The Morgan fingerprint density at radius 1 is 1.33 bits per heavy atom. The molecular formula is C12H11NOS. The van der Waals surface area contributed by atoms with Crippen molar-refractivity contribution in [2.24, 2.45) is 5.73 Å². The van der Waals surface area contributed by atoms with E-state index in [1.165, 1.54) is 0 Å². The number of hydrogen-bond acceptors (Lipinski definition) is 2. The zero-order valence-electron chi connectivity index (χ0n) is 8.36. The molecule has 1 aromatic heterocycles. The lowest BCUT2D eigenvalue weighted by Gasteiger charge is -2.03. The van der Waals surface area contributed by atoms with E-state index in [0.29, 0.717) is 5.56 Å². The second-order valence-electron chi connectivity index (χ2n) is 3.43. The molecule has 1 amide bonds. The Bertz CT molecular complexity index is 488. The predicted molar refractivity (Wildman–Crippen MR) is 63.0 cm³/mol. The highest BCUT2D eigenvalue weighted by Gasteiger charge is 2.05. The monoisotopic (exact) mass is 217 g/mol. The predicted octanol–water partition coefficient (Wildman–Crippen LogP) is 2.82. The number of thiophene rings is 1. The van der Waals surface area contributed by atoms with Gasteiger partial charge in [0.2, 0.25) is 5.91 Å². The van der Waals surface area contributed by atoms with Crippen LogP contribution in [0.5, 0.6) is 0 Å². The van der Waals surface area contributed by atoms with E-state index in [1.807, 2.05) is 30.5 Å². The van der Waals surface area contributed by atoms with Crippen LogP contribution in [0.1, 0.15) is 15.9 Å². The molecular weight excluding hydrogens is 206 g/mol. The van der Waals surface area contributed by atoms with E-state index in [9.17, 15) is 4.79 Å². The number of aryl methyl sites for hydroxylation is 1. The standard InChI is InChI=1S/C12H11NOS/c1-8-5-9(11-3-2-4-15-11)7-10(6-8)12(13)14/h2-7H,1H3,(H2,13,14). The summed E-state index contributed by atoms with van der Waals surface area (Å²) in [7, 11) is 0. The van der Waals surface area contributed by atoms with Gasteiger partial charge in [-0.2, -0.15) is 0 Å². The van der Waals surface area contributed by atoms with Crippen LogP contribution in [0, 0.1) is 6.92 Å². The molecule has 15 heavy (non-hydrogen) atoms. The summed E-state index contributed by atoms with van der Waals surface area (Å²) >= 11 is 1.65. The highest BCUT2D eigenvalue weighted by molar-refractivity contribution is 7.13. The smallest absolute Gasteiger partial charge is 0.248 e. The third kappa shape index (κ3) is 2.07. The molecule has 0 aliphatic rings. The summed E-state index contributed by atoms with van der Waals surface area (Å²) in [5.74, 6) is -0.378. The molecule has 0 bridgehead atoms. The molecule has 0 aliphatic carbocycles. The third-order valence-corrected chi connectivity index (χ3v) is 3.09. The molecule has 0 radical (unpaired) electrons. The van der Waals surface area contributed by atoms with Crippen LogP contribution in [-0.4, -0.2) is 5.91 Å². The van der Waals surface area contributed by atoms with Gasteiger partial charge in [0.1, 0.15) is 0 Å². The Morgan fingerprint density at radius 3 is 2.73 bits per heavy atom. The van der Waals surface area contributed by atoms with Crippen molar-refractivity contribution in [3.05, 3.63) is 46.8 Å². The zero-order valence-corrected chi connectivity index (χ0v) is 9.17. The minimum atomic E-state index is -0.378. The van der Waals surface area contributed by atoms with Crippen molar-refractivity contribution in [1.82, 2.24) is 0 Å². The fraction of sp³-hybridized carbons (Fsp3) is 0.0833. The quantitative estimate of drug-likeness (QED) is 0.825. The lowest BCUT2D eigenvalue weighted by atomic mass is 10.1.